The van der Waals surface area contributed by atoms with Crippen molar-refractivity contribution >= 4 is 23.1 Å². The molecule has 2 aromatic rings. The van der Waals surface area contributed by atoms with E-state index in [0.29, 0.717) is 22.1 Å². The summed E-state index contributed by atoms with van der Waals surface area (Å²) < 4.78 is 0. The number of hydrogen-bond acceptors (Lipinski definition) is 4. The van der Waals surface area contributed by atoms with Crippen LogP contribution in [0.1, 0.15) is 24.1 Å². The van der Waals surface area contributed by atoms with Crippen LogP contribution in [0.5, 0.6) is 0 Å². The van der Waals surface area contributed by atoms with Crippen LogP contribution in [0.25, 0.3) is 0 Å². The van der Waals surface area contributed by atoms with Crippen LogP contribution < -0.4 is 10.6 Å². The summed E-state index contributed by atoms with van der Waals surface area (Å²) in [6.07, 6.45) is 1.55. The molecule has 1 aromatic heterocycles. The minimum absolute atomic E-state index is 0.00748. The fraction of sp³-hybridized carbons (Fsp3) is 0.200. The van der Waals surface area contributed by atoms with Gasteiger partial charge in [0, 0.05) is 12.1 Å². The van der Waals surface area contributed by atoms with E-state index in [-0.39, 0.29) is 6.04 Å². The Morgan fingerprint density at radius 1 is 1.40 bits per heavy atom. The van der Waals surface area contributed by atoms with Crippen molar-refractivity contribution in [2.45, 2.75) is 13.0 Å². The second-order valence-electron chi connectivity index (χ2n) is 4.56. The van der Waals surface area contributed by atoms with Gasteiger partial charge >= 0.3 is 0 Å². The number of nitriles is 1. The van der Waals surface area contributed by atoms with E-state index < -0.39 is 0 Å². The maximum Gasteiger partial charge on any atom is 0.146 e. The highest BCUT2D eigenvalue weighted by Crippen LogP contribution is 2.30. The number of nitrogens with two attached hydrogens (primary N) is 1. The van der Waals surface area contributed by atoms with E-state index in [0.717, 1.165) is 5.56 Å². The van der Waals surface area contributed by atoms with Gasteiger partial charge in [0.2, 0.25) is 0 Å². The summed E-state index contributed by atoms with van der Waals surface area (Å²) in [6, 6.07) is 11.4. The molecule has 102 valence electrons. The normalized spacial score (nSPS) is 11.7. The van der Waals surface area contributed by atoms with E-state index in [1.165, 1.54) is 0 Å². The molecule has 0 radical (unpaired) electrons. The topological polar surface area (TPSA) is 65.9 Å². The van der Waals surface area contributed by atoms with Crippen LogP contribution in [0.2, 0.25) is 5.02 Å². The van der Waals surface area contributed by atoms with Crippen LogP contribution >= 0.6 is 11.6 Å². The first-order chi connectivity index (χ1) is 9.54. The Kier molecular flexibility index (Phi) is 4.11. The Morgan fingerprint density at radius 3 is 2.75 bits per heavy atom. The maximum atomic E-state index is 9.20. The molecule has 0 spiro atoms. The lowest BCUT2D eigenvalue weighted by Gasteiger charge is -2.27. The third-order valence-electron chi connectivity index (χ3n) is 3.28. The highest BCUT2D eigenvalue weighted by atomic mass is 35.5. The average Bonchev–Trinajstić information content (AvgIpc) is 2.46. The standard InChI is InChI=1S/C15H15ClN4/c1-10(13-5-3-4-6-14(13)16)20(2)15-11(8-17)7-12(18)9-19-15/h3-7,9-10H,18H2,1-2H3. The van der Waals surface area contributed by atoms with Crippen LogP contribution in [0.3, 0.4) is 0 Å². The Morgan fingerprint density at radius 2 is 2.10 bits per heavy atom. The summed E-state index contributed by atoms with van der Waals surface area (Å²) in [5.74, 6) is 0.592. The maximum absolute atomic E-state index is 9.20. The number of nitrogens with zero attached hydrogens (tertiary/aromatic N) is 3. The minimum Gasteiger partial charge on any atom is -0.397 e. The molecule has 5 heteroatoms. The molecule has 0 aliphatic carbocycles. The SMILES string of the molecule is CC(c1ccccc1Cl)N(C)c1ncc(N)cc1C#N. The molecule has 1 heterocycles. The van der Waals surface area contributed by atoms with Gasteiger partial charge in [0.05, 0.1) is 23.5 Å². The van der Waals surface area contributed by atoms with E-state index in [4.69, 9.17) is 17.3 Å². The molecule has 20 heavy (non-hydrogen) atoms. The molecule has 0 bridgehead atoms. The van der Waals surface area contributed by atoms with Crippen molar-refractivity contribution in [3.05, 3.63) is 52.7 Å². The van der Waals surface area contributed by atoms with Crippen molar-refractivity contribution in [3.8, 4) is 6.07 Å². The molecule has 4 nitrogen and oxygen atoms in total. The van der Waals surface area contributed by atoms with E-state index in [9.17, 15) is 5.26 Å². The van der Waals surface area contributed by atoms with Crippen LogP contribution in [-0.4, -0.2) is 12.0 Å². The van der Waals surface area contributed by atoms with Gasteiger partial charge in [0.1, 0.15) is 11.9 Å². The molecule has 0 amide bonds. The summed E-state index contributed by atoms with van der Waals surface area (Å²) in [5, 5.41) is 9.90. The van der Waals surface area contributed by atoms with Gasteiger partial charge in [-0.1, -0.05) is 29.8 Å². The van der Waals surface area contributed by atoms with Gasteiger partial charge in [0.25, 0.3) is 0 Å². The predicted octanol–water partition coefficient (Wildman–Crippen LogP) is 3.39. The lowest BCUT2D eigenvalue weighted by Crippen LogP contribution is -2.24. The molecule has 1 unspecified atom stereocenters. The van der Waals surface area contributed by atoms with Crippen molar-refractivity contribution in [1.29, 1.82) is 5.26 Å². The summed E-state index contributed by atoms with van der Waals surface area (Å²) in [6.45, 7) is 2.01. The zero-order chi connectivity index (χ0) is 14.7. The smallest absolute Gasteiger partial charge is 0.146 e. The van der Waals surface area contributed by atoms with Crippen molar-refractivity contribution in [1.82, 2.24) is 4.98 Å². The Bertz CT molecular complexity index is 663. The molecule has 0 saturated heterocycles. The first kappa shape index (κ1) is 14.2. The van der Waals surface area contributed by atoms with Gasteiger partial charge in [-0.3, -0.25) is 0 Å². The largest absolute Gasteiger partial charge is 0.397 e. The van der Waals surface area contributed by atoms with Gasteiger partial charge in [-0.05, 0) is 24.6 Å². The number of nitrogen functional groups attached to an aromatic ring is 1. The van der Waals surface area contributed by atoms with Crippen LogP contribution in [0.4, 0.5) is 11.5 Å². The number of benzene rings is 1. The van der Waals surface area contributed by atoms with Crippen molar-refractivity contribution in [3.63, 3.8) is 0 Å². The Balaban J connectivity index is 2.39. The first-order valence-corrected chi connectivity index (χ1v) is 6.55. The monoisotopic (exact) mass is 286 g/mol. The molecule has 1 aromatic carbocycles. The fourth-order valence-corrected chi connectivity index (χ4v) is 2.34. The van der Waals surface area contributed by atoms with E-state index in [1.54, 1.807) is 12.3 Å². The van der Waals surface area contributed by atoms with Gasteiger partial charge in [0.15, 0.2) is 0 Å². The summed E-state index contributed by atoms with van der Waals surface area (Å²) in [4.78, 5) is 6.18. The highest BCUT2D eigenvalue weighted by Gasteiger charge is 2.18. The molecule has 2 N–H and O–H groups in total. The quantitative estimate of drug-likeness (QED) is 0.939. The molecule has 1 atom stereocenters. The van der Waals surface area contributed by atoms with Gasteiger partial charge < -0.3 is 10.6 Å². The highest BCUT2D eigenvalue weighted by molar-refractivity contribution is 6.31. The Labute approximate surface area is 123 Å². The van der Waals surface area contributed by atoms with Crippen LogP contribution in [0.15, 0.2) is 36.5 Å². The molecular formula is C15H15ClN4. The molecule has 0 fully saturated rings. The third-order valence-corrected chi connectivity index (χ3v) is 3.62. The van der Waals surface area contributed by atoms with Gasteiger partial charge in [-0.15, -0.1) is 0 Å². The van der Waals surface area contributed by atoms with E-state index in [2.05, 4.69) is 11.1 Å². The summed E-state index contributed by atoms with van der Waals surface area (Å²) in [7, 11) is 1.88. The van der Waals surface area contributed by atoms with Crippen molar-refractivity contribution < 1.29 is 0 Å². The number of anilines is 2. The van der Waals surface area contributed by atoms with Gasteiger partial charge in [-0.2, -0.15) is 5.26 Å². The molecule has 2 rings (SSSR count). The second kappa shape index (κ2) is 5.81. The molecular weight excluding hydrogens is 272 g/mol. The summed E-state index contributed by atoms with van der Waals surface area (Å²) in [5.41, 5.74) is 7.57. The Hall–Kier alpha value is -2.25. The first-order valence-electron chi connectivity index (χ1n) is 6.17. The number of hydrogen-bond donors (Lipinski definition) is 1. The molecule has 0 saturated carbocycles. The summed E-state index contributed by atoms with van der Waals surface area (Å²) >= 11 is 6.22. The molecule has 0 aliphatic heterocycles. The number of halogens is 1. The van der Waals surface area contributed by atoms with Crippen molar-refractivity contribution in [2.75, 3.05) is 17.7 Å². The number of aromatic nitrogens is 1. The lowest BCUT2D eigenvalue weighted by atomic mass is 10.1. The number of pyridine rings is 1. The minimum atomic E-state index is -0.00748. The van der Waals surface area contributed by atoms with Crippen LogP contribution in [0, 0.1) is 11.3 Å². The van der Waals surface area contributed by atoms with Crippen LogP contribution in [-0.2, 0) is 0 Å². The number of rotatable bonds is 3. The second-order valence-corrected chi connectivity index (χ2v) is 4.97. The van der Waals surface area contributed by atoms with E-state index >= 15 is 0 Å². The average molecular weight is 287 g/mol. The fourth-order valence-electron chi connectivity index (χ4n) is 2.04. The zero-order valence-electron chi connectivity index (χ0n) is 11.3. The zero-order valence-corrected chi connectivity index (χ0v) is 12.1. The lowest BCUT2D eigenvalue weighted by molar-refractivity contribution is 0.728. The predicted molar refractivity (Wildman–Crippen MR) is 81.6 cm³/mol. The van der Waals surface area contributed by atoms with Gasteiger partial charge in [-0.25, -0.2) is 4.98 Å². The third kappa shape index (κ3) is 2.68. The van der Waals surface area contributed by atoms with E-state index in [1.807, 2.05) is 43.1 Å². The molecule has 0 aliphatic rings. The van der Waals surface area contributed by atoms with Crippen molar-refractivity contribution in [2.24, 2.45) is 0 Å².